The van der Waals surface area contributed by atoms with Gasteiger partial charge in [0.1, 0.15) is 5.60 Å². The minimum absolute atomic E-state index is 0.0628. The topological polar surface area (TPSA) is 83.4 Å². The first-order valence-corrected chi connectivity index (χ1v) is 11.8. The summed E-state index contributed by atoms with van der Waals surface area (Å²) in [5.41, 5.74) is 2.17. The van der Waals surface area contributed by atoms with Gasteiger partial charge in [-0.25, -0.2) is 0 Å². The van der Waals surface area contributed by atoms with Gasteiger partial charge in [-0.3, -0.25) is 9.59 Å². The molecule has 0 radical (unpaired) electrons. The first-order chi connectivity index (χ1) is 14.7. The molecule has 2 spiro atoms. The average Bonchev–Trinajstić information content (AvgIpc) is 3.37. The molecule has 0 aromatic rings. The van der Waals surface area contributed by atoms with E-state index in [1.54, 1.807) is 0 Å². The lowest BCUT2D eigenvalue weighted by Crippen LogP contribution is -2.64. The molecule has 3 fully saturated rings. The third-order valence-corrected chi connectivity index (χ3v) is 8.58. The average molecular weight is 425 g/mol. The summed E-state index contributed by atoms with van der Waals surface area (Å²) < 4.78 is 6.47. The van der Waals surface area contributed by atoms with Crippen molar-refractivity contribution < 1.29 is 14.3 Å². The molecule has 1 N–H and O–H groups in total. The van der Waals surface area contributed by atoms with Gasteiger partial charge in [0.25, 0.3) is 0 Å². The lowest BCUT2D eigenvalue weighted by Gasteiger charge is -2.49. The second kappa shape index (κ2) is 6.27. The van der Waals surface area contributed by atoms with Crippen molar-refractivity contribution in [2.24, 2.45) is 32.9 Å². The number of carbonyl (C=O) groups excluding carboxylic acids is 2. The fourth-order valence-electron chi connectivity index (χ4n) is 7.11. The molecule has 2 saturated heterocycles. The Bertz CT molecular complexity index is 971. The van der Waals surface area contributed by atoms with Crippen molar-refractivity contribution in [1.29, 1.82) is 0 Å². The summed E-state index contributed by atoms with van der Waals surface area (Å²) in [5.74, 6) is 1.99. The molecule has 7 nitrogen and oxygen atoms in total. The number of Topliss-reactive ketones (excluding diaryl/α,β-unsaturated/α-hetero) is 1. The van der Waals surface area contributed by atoms with E-state index in [-0.39, 0.29) is 22.7 Å². The molecule has 0 bridgehead atoms. The zero-order valence-corrected chi connectivity index (χ0v) is 18.8. The van der Waals surface area contributed by atoms with Crippen LogP contribution in [0, 0.1) is 22.7 Å². The number of allylic oxidation sites excluding steroid dienone is 1. The van der Waals surface area contributed by atoms with Gasteiger partial charge in [-0.2, -0.15) is 5.11 Å². The zero-order chi connectivity index (χ0) is 21.6. The maximum absolute atomic E-state index is 13.4. The summed E-state index contributed by atoms with van der Waals surface area (Å²) in [5, 5.41) is 12.1. The van der Waals surface area contributed by atoms with Crippen molar-refractivity contribution in [3.05, 3.63) is 22.7 Å². The normalized spacial score (nSPS) is 37.4. The van der Waals surface area contributed by atoms with E-state index in [0.717, 1.165) is 54.8 Å². The highest BCUT2D eigenvalue weighted by Gasteiger charge is 2.63. The minimum Gasteiger partial charge on any atom is -0.370 e. The Labute approximate surface area is 183 Å². The van der Waals surface area contributed by atoms with E-state index in [1.807, 2.05) is 4.90 Å². The Kier molecular flexibility index (Phi) is 3.98. The number of nitrogens with one attached hydrogen (secondary N) is 1. The highest BCUT2D eigenvalue weighted by molar-refractivity contribution is 6.00. The Morgan fingerprint density at radius 2 is 2.03 bits per heavy atom. The summed E-state index contributed by atoms with van der Waals surface area (Å²) >= 11 is 0. The van der Waals surface area contributed by atoms with E-state index >= 15 is 0 Å². The van der Waals surface area contributed by atoms with Gasteiger partial charge in [0, 0.05) is 29.2 Å². The van der Waals surface area contributed by atoms with Gasteiger partial charge >= 0.3 is 0 Å². The van der Waals surface area contributed by atoms with Crippen LogP contribution in [0.25, 0.3) is 0 Å². The molecular weight excluding hydrogens is 392 g/mol. The maximum Gasteiger partial charge on any atom is 0.226 e. The smallest absolute Gasteiger partial charge is 0.226 e. The van der Waals surface area contributed by atoms with Crippen molar-refractivity contribution in [3.8, 4) is 0 Å². The summed E-state index contributed by atoms with van der Waals surface area (Å²) in [6.07, 6.45) is 5.47. The van der Waals surface area contributed by atoms with Crippen LogP contribution in [0.4, 0.5) is 0 Å². The third-order valence-electron chi connectivity index (χ3n) is 8.58. The van der Waals surface area contributed by atoms with E-state index in [4.69, 9.17) is 4.74 Å². The summed E-state index contributed by atoms with van der Waals surface area (Å²) in [7, 11) is 0. The molecule has 3 atom stereocenters. The standard InChI is InChI=1S/C24H32N4O3/c1-14-5-4-6-15(14)21(30)28-11-23(12-28)10-24(13-31-23)16-9-25-27-20(16)26-17-7-22(2,3)8-18(29)19(17)24/h14-15,26H,4-13H2,1-3H3. The highest BCUT2D eigenvalue weighted by atomic mass is 16.5. The fraction of sp³-hybridized carbons (Fsp3) is 0.750. The molecule has 166 valence electrons. The van der Waals surface area contributed by atoms with Crippen LogP contribution in [0.5, 0.6) is 0 Å². The number of hydrogen-bond acceptors (Lipinski definition) is 6. The Morgan fingerprint density at radius 3 is 2.77 bits per heavy atom. The lowest BCUT2D eigenvalue weighted by molar-refractivity contribution is -0.162. The van der Waals surface area contributed by atoms with Gasteiger partial charge in [0.15, 0.2) is 11.6 Å². The molecule has 6 aliphatic rings. The van der Waals surface area contributed by atoms with Crippen LogP contribution in [-0.2, 0) is 14.3 Å². The van der Waals surface area contributed by atoms with Gasteiger partial charge in [0.05, 0.1) is 31.7 Å². The van der Waals surface area contributed by atoms with Crippen LogP contribution in [-0.4, -0.2) is 48.4 Å². The van der Waals surface area contributed by atoms with Crippen molar-refractivity contribution in [2.75, 3.05) is 26.2 Å². The maximum atomic E-state index is 13.4. The number of rotatable bonds is 1. The molecule has 3 unspecified atom stereocenters. The summed E-state index contributed by atoms with van der Waals surface area (Å²) in [6, 6.07) is 0. The number of likely N-dealkylation sites (tertiary alicyclic amines) is 1. The number of amides is 1. The molecule has 7 heteroatoms. The van der Waals surface area contributed by atoms with Gasteiger partial charge in [-0.15, -0.1) is 5.11 Å². The van der Waals surface area contributed by atoms with Crippen LogP contribution < -0.4 is 5.32 Å². The van der Waals surface area contributed by atoms with E-state index in [9.17, 15) is 9.59 Å². The van der Waals surface area contributed by atoms with Crippen LogP contribution >= 0.6 is 0 Å². The third kappa shape index (κ3) is 2.74. The molecule has 4 heterocycles. The summed E-state index contributed by atoms with van der Waals surface area (Å²) in [6.45, 7) is 8.80. The van der Waals surface area contributed by atoms with Crippen molar-refractivity contribution >= 4 is 11.7 Å². The molecule has 1 amide bonds. The number of hydrogen-bond donors (Lipinski definition) is 1. The first-order valence-electron chi connectivity index (χ1n) is 11.8. The molecule has 6 rings (SSSR count). The SMILES string of the molecule is CC1CCCC1C(=O)N1CC2(C1)CC1(CO2)C2=C(N=NC2)NC2=C1C(=O)CC(C)(C)C2. The molecule has 31 heavy (non-hydrogen) atoms. The zero-order valence-electron chi connectivity index (χ0n) is 18.8. The van der Waals surface area contributed by atoms with E-state index in [1.165, 1.54) is 0 Å². The van der Waals surface area contributed by atoms with E-state index in [2.05, 4.69) is 36.3 Å². The van der Waals surface area contributed by atoms with Crippen LogP contribution in [0.3, 0.4) is 0 Å². The Morgan fingerprint density at radius 1 is 1.23 bits per heavy atom. The van der Waals surface area contributed by atoms with E-state index in [0.29, 0.717) is 44.5 Å². The number of nitrogens with zero attached hydrogens (tertiary/aromatic N) is 3. The molecule has 0 aromatic carbocycles. The quantitative estimate of drug-likeness (QED) is 0.700. The molecule has 4 aliphatic heterocycles. The van der Waals surface area contributed by atoms with Crippen LogP contribution in [0.1, 0.15) is 59.3 Å². The number of fused-ring (bicyclic) bond motifs is 2. The van der Waals surface area contributed by atoms with Gasteiger partial charge in [-0.1, -0.05) is 27.2 Å². The molecule has 2 aliphatic carbocycles. The predicted molar refractivity (Wildman–Crippen MR) is 114 cm³/mol. The Balaban J connectivity index is 1.28. The molecular formula is C24H32N4O3. The minimum atomic E-state index is -0.442. The van der Waals surface area contributed by atoms with Gasteiger partial charge in [0.2, 0.25) is 5.91 Å². The van der Waals surface area contributed by atoms with Crippen molar-refractivity contribution in [3.63, 3.8) is 0 Å². The van der Waals surface area contributed by atoms with Gasteiger partial charge < -0.3 is 15.0 Å². The number of ether oxygens (including phenoxy) is 1. The number of carbonyl (C=O) groups is 2. The second-order valence-corrected chi connectivity index (χ2v) is 11.6. The lowest BCUT2D eigenvalue weighted by atomic mass is 9.61. The monoisotopic (exact) mass is 424 g/mol. The van der Waals surface area contributed by atoms with Crippen molar-refractivity contribution in [2.45, 2.75) is 64.9 Å². The largest absolute Gasteiger partial charge is 0.370 e. The number of azo groups is 1. The van der Waals surface area contributed by atoms with E-state index < -0.39 is 5.41 Å². The number of dihydropyridines is 1. The number of ketones is 1. The Hall–Kier alpha value is -2.02. The molecule has 1 saturated carbocycles. The van der Waals surface area contributed by atoms with Gasteiger partial charge in [-0.05, 0) is 37.0 Å². The second-order valence-electron chi connectivity index (χ2n) is 11.6. The van der Waals surface area contributed by atoms with Crippen molar-refractivity contribution in [1.82, 2.24) is 10.2 Å². The molecule has 0 aromatic heterocycles. The highest BCUT2D eigenvalue weighted by Crippen LogP contribution is 2.58. The fourth-order valence-corrected chi connectivity index (χ4v) is 7.11. The van der Waals surface area contributed by atoms with Crippen LogP contribution in [0.15, 0.2) is 32.9 Å². The summed E-state index contributed by atoms with van der Waals surface area (Å²) in [4.78, 5) is 28.4. The van der Waals surface area contributed by atoms with Crippen LogP contribution in [0.2, 0.25) is 0 Å². The predicted octanol–water partition coefficient (Wildman–Crippen LogP) is 3.33. The first kappa shape index (κ1) is 19.6.